The molecular weight excluding hydrogens is 282 g/mol. The Morgan fingerprint density at radius 2 is 2.05 bits per heavy atom. The zero-order valence-electron chi connectivity index (χ0n) is 10.2. The first-order valence-electron chi connectivity index (χ1n) is 5.54. The molecule has 1 aromatic heterocycles. The van der Waals surface area contributed by atoms with Gasteiger partial charge in [-0.2, -0.15) is 0 Å². The van der Waals surface area contributed by atoms with Gasteiger partial charge in [-0.1, -0.05) is 30.3 Å². The van der Waals surface area contributed by atoms with Crippen LogP contribution in [0.15, 0.2) is 40.6 Å². The van der Waals surface area contributed by atoms with Gasteiger partial charge in [-0.25, -0.2) is 0 Å². The summed E-state index contributed by atoms with van der Waals surface area (Å²) in [5.41, 5.74) is 1.12. The summed E-state index contributed by atoms with van der Waals surface area (Å²) < 4.78 is 0.582. The standard InChI is InChI=1S/C13H11NO3S2/c1-9(15)12-7-11(14(16)17)13(19-12)18-8-10-5-3-2-4-6-10/h2-7H,8H2,1H3. The molecule has 0 saturated heterocycles. The zero-order chi connectivity index (χ0) is 13.8. The van der Waals surface area contributed by atoms with E-state index in [0.717, 1.165) is 5.56 Å². The van der Waals surface area contributed by atoms with Crippen LogP contribution in [0.3, 0.4) is 0 Å². The van der Waals surface area contributed by atoms with E-state index < -0.39 is 4.92 Å². The van der Waals surface area contributed by atoms with Gasteiger partial charge in [-0.15, -0.1) is 23.1 Å². The summed E-state index contributed by atoms with van der Waals surface area (Å²) in [5, 5.41) is 11.0. The van der Waals surface area contributed by atoms with Crippen LogP contribution in [0.1, 0.15) is 22.2 Å². The lowest BCUT2D eigenvalue weighted by molar-refractivity contribution is -0.387. The van der Waals surface area contributed by atoms with Crippen molar-refractivity contribution in [2.24, 2.45) is 0 Å². The summed E-state index contributed by atoms with van der Waals surface area (Å²) in [6.45, 7) is 1.42. The number of nitro groups is 1. The lowest BCUT2D eigenvalue weighted by Gasteiger charge is -1.98. The van der Waals surface area contributed by atoms with Crippen LogP contribution in [0.4, 0.5) is 5.69 Å². The number of hydrogen-bond donors (Lipinski definition) is 0. The monoisotopic (exact) mass is 293 g/mol. The molecule has 2 aromatic rings. The van der Waals surface area contributed by atoms with Crippen molar-refractivity contribution < 1.29 is 9.72 Å². The van der Waals surface area contributed by atoms with E-state index >= 15 is 0 Å². The smallest absolute Gasteiger partial charge is 0.294 e. The minimum absolute atomic E-state index is 0.0242. The Bertz CT molecular complexity index is 608. The van der Waals surface area contributed by atoms with Gasteiger partial charge < -0.3 is 0 Å². The van der Waals surface area contributed by atoms with E-state index in [4.69, 9.17) is 0 Å². The molecule has 0 bridgehead atoms. The summed E-state index contributed by atoms with van der Waals surface area (Å²) >= 11 is 2.58. The van der Waals surface area contributed by atoms with E-state index in [1.54, 1.807) is 0 Å². The topological polar surface area (TPSA) is 60.2 Å². The van der Waals surface area contributed by atoms with Crippen molar-refractivity contribution in [2.75, 3.05) is 0 Å². The summed E-state index contributed by atoms with van der Waals surface area (Å²) in [4.78, 5) is 22.2. The van der Waals surface area contributed by atoms with E-state index in [2.05, 4.69) is 0 Å². The van der Waals surface area contributed by atoms with E-state index in [1.165, 1.54) is 36.1 Å². The highest BCUT2D eigenvalue weighted by molar-refractivity contribution is 8.00. The Morgan fingerprint density at radius 3 is 2.63 bits per heavy atom. The second-order valence-corrected chi connectivity index (χ2v) is 6.17. The minimum atomic E-state index is -0.434. The number of hydrogen-bond acceptors (Lipinski definition) is 5. The number of ketones is 1. The van der Waals surface area contributed by atoms with Crippen molar-refractivity contribution in [3.05, 3.63) is 57.0 Å². The molecule has 1 aromatic carbocycles. The lowest BCUT2D eigenvalue weighted by Crippen LogP contribution is -1.88. The quantitative estimate of drug-likeness (QED) is 0.359. The fraction of sp³-hybridized carbons (Fsp3) is 0.154. The molecule has 0 N–H and O–H groups in total. The predicted molar refractivity (Wildman–Crippen MR) is 77.0 cm³/mol. The molecule has 0 aliphatic carbocycles. The molecular formula is C13H11NO3S2. The Hall–Kier alpha value is -1.66. The molecule has 0 fully saturated rings. The maximum Gasteiger partial charge on any atom is 0.294 e. The average Bonchev–Trinajstić information content (AvgIpc) is 2.82. The maximum atomic E-state index is 11.3. The summed E-state index contributed by atoms with van der Waals surface area (Å²) in [6.07, 6.45) is 0. The molecule has 0 atom stereocenters. The van der Waals surface area contributed by atoms with Crippen LogP contribution >= 0.6 is 23.1 Å². The van der Waals surface area contributed by atoms with Crippen LogP contribution < -0.4 is 0 Å². The molecule has 0 saturated carbocycles. The highest BCUT2D eigenvalue weighted by Gasteiger charge is 2.21. The van der Waals surface area contributed by atoms with Crippen LogP contribution in [0.25, 0.3) is 0 Å². The van der Waals surface area contributed by atoms with Crippen molar-refractivity contribution in [3.63, 3.8) is 0 Å². The number of rotatable bonds is 5. The molecule has 98 valence electrons. The van der Waals surface area contributed by atoms with Gasteiger partial charge in [0.25, 0.3) is 5.69 Å². The van der Waals surface area contributed by atoms with Gasteiger partial charge in [0.05, 0.1) is 9.80 Å². The van der Waals surface area contributed by atoms with Gasteiger partial charge in [0.2, 0.25) is 0 Å². The maximum absolute atomic E-state index is 11.3. The number of thioether (sulfide) groups is 1. The van der Waals surface area contributed by atoms with Crippen molar-refractivity contribution in [2.45, 2.75) is 16.9 Å². The Labute approximate surface area is 118 Å². The Kier molecular flexibility index (Phi) is 4.34. The van der Waals surface area contributed by atoms with E-state index in [9.17, 15) is 14.9 Å². The number of benzene rings is 1. The predicted octanol–water partition coefficient (Wildman–Crippen LogP) is 4.15. The first-order chi connectivity index (χ1) is 9.08. The average molecular weight is 293 g/mol. The molecule has 6 heteroatoms. The van der Waals surface area contributed by atoms with Crippen LogP contribution in [0.5, 0.6) is 0 Å². The molecule has 0 aliphatic rings. The Balaban J connectivity index is 2.19. The van der Waals surface area contributed by atoms with Gasteiger partial charge in [-0.3, -0.25) is 14.9 Å². The SMILES string of the molecule is CC(=O)c1cc([N+](=O)[O-])c(SCc2ccccc2)s1. The summed E-state index contributed by atoms with van der Waals surface area (Å²) in [6, 6.07) is 11.1. The molecule has 1 heterocycles. The van der Waals surface area contributed by atoms with Crippen LogP contribution in [-0.4, -0.2) is 10.7 Å². The third-order valence-electron chi connectivity index (χ3n) is 2.44. The minimum Gasteiger partial charge on any atom is -0.294 e. The molecule has 0 amide bonds. The number of Topliss-reactive ketones (excluding diaryl/α,β-unsaturated/α-hetero) is 1. The second kappa shape index (κ2) is 5.99. The van der Waals surface area contributed by atoms with Crippen molar-refractivity contribution in [1.82, 2.24) is 0 Å². The molecule has 2 rings (SSSR count). The van der Waals surface area contributed by atoms with Gasteiger partial charge >= 0.3 is 0 Å². The highest BCUT2D eigenvalue weighted by atomic mass is 32.2. The number of carbonyl (C=O) groups excluding carboxylic acids is 1. The third-order valence-corrected chi connectivity index (χ3v) is 5.01. The summed E-state index contributed by atoms with van der Waals surface area (Å²) in [5.74, 6) is 0.513. The zero-order valence-corrected chi connectivity index (χ0v) is 11.8. The highest BCUT2D eigenvalue weighted by Crippen LogP contribution is 2.39. The molecule has 0 aliphatic heterocycles. The molecule has 0 unspecified atom stereocenters. The van der Waals surface area contributed by atoms with Crippen molar-refractivity contribution in [1.29, 1.82) is 0 Å². The van der Waals surface area contributed by atoms with E-state index in [0.29, 0.717) is 14.8 Å². The van der Waals surface area contributed by atoms with Gasteiger partial charge in [-0.05, 0) is 12.5 Å². The number of carbonyl (C=O) groups is 1. The van der Waals surface area contributed by atoms with Crippen LogP contribution in [0, 0.1) is 10.1 Å². The molecule has 0 radical (unpaired) electrons. The third kappa shape index (κ3) is 3.42. The van der Waals surface area contributed by atoms with Gasteiger partial charge in [0, 0.05) is 11.8 Å². The number of nitrogens with zero attached hydrogens (tertiary/aromatic N) is 1. The Morgan fingerprint density at radius 1 is 1.37 bits per heavy atom. The fourth-order valence-corrected chi connectivity index (χ4v) is 3.70. The first-order valence-corrected chi connectivity index (χ1v) is 7.34. The fourth-order valence-electron chi connectivity index (χ4n) is 1.49. The number of thiophene rings is 1. The second-order valence-electron chi connectivity index (χ2n) is 3.87. The van der Waals surface area contributed by atoms with Crippen LogP contribution in [0.2, 0.25) is 0 Å². The van der Waals surface area contributed by atoms with Crippen molar-refractivity contribution in [3.8, 4) is 0 Å². The molecule has 4 nitrogen and oxygen atoms in total. The molecule has 19 heavy (non-hydrogen) atoms. The summed E-state index contributed by atoms with van der Waals surface area (Å²) in [7, 11) is 0. The van der Waals surface area contributed by atoms with Gasteiger partial charge in [0.15, 0.2) is 5.78 Å². The first kappa shape index (κ1) is 13.8. The van der Waals surface area contributed by atoms with Gasteiger partial charge in [0.1, 0.15) is 4.21 Å². The molecule has 0 spiro atoms. The van der Waals surface area contributed by atoms with Crippen LogP contribution in [-0.2, 0) is 5.75 Å². The van der Waals surface area contributed by atoms with Crippen molar-refractivity contribution >= 4 is 34.6 Å². The normalized spacial score (nSPS) is 10.4. The largest absolute Gasteiger partial charge is 0.294 e. The van der Waals surface area contributed by atoms with E-state index in [-0.39, 0.29) is 11.5 Å². The van der Waals surface area contributed by atoms with E-state index in [1.807, 2.05) is 30.3 Å². The lowest BCUT2D eigenvalue weighted by atomic mass is 10.2.